The first-order valence-electron chi connectivity index (χ1n) is 14.6. The summed E-state index contributed by atoms with van der Waals surface area (Å²) in [6.07, 6.45) is 4.47. The molecule has 1 saturated heterocycles. The van der Waals surface area contributed by atoms with Gasteiger partial charge < -0.3 is 9.84 Å². The highest BCUT2D eigenvalue weighted by atomic mass is 35.5. The first-order chi connectivity index (χ1) is 20.5. The Morgan fingerprint density at radius 3 is 2.33 bits per heavy atom. The number of ether oxygens (including phenoxy) is 1. The van der Waals surface area contributed by atoms with Crippen LogP contribution in [0.15, 0.2) is 84.9 Å². The van der Waals surface area contributed by atoms with Crippen LogP contribution in [-0.2, 0) is 6.42 Å². The van der Waals surface area contributed by atoms with Crippen LogP contribution in [-0.4, -0.2) is 42.4 Å². The number of phenols is 1. The van der Waals surface area contributed by atoms with Gasteiger partial charge in [-0.1, -0.05) is 71.7 Å². The second kappa shape index (κ2) is 12.9. The highest BCUT2D eigenvalue weighted by molar-refractivity contribution is 6.36. The number of hydrogen-bond donors (Lipinski definition) is 1. The maximum Gasteiger partial charge on any atom is 0.119 e. The van der Waals surface area contributed by atoms with E-state index >= 15 is 0 Å². The van der Waals surface area contributed by atoms with Gasteiger partial charge in [-0.2, -0.15) is 0 Å². The summed E-state index contributed by atoms with van der Waals surface area (Å²) in [7, 11) is 0. The Labute approximate surface area is 257 Å². The van der Waals surface area contributed by atoms with Gasteiger partial charge in [0.05, 0.1) is 6.67 Å². The molecule has 1 atom stereocenters. The van der Waals surface area contributed by atoms with Crippen molar-refractivity contribution in [2.75, 3.05) is 26.3 Å². The normalized spacial score (nSPS) is 17.3. The number of aryl methyl sites for hydroxylation is 1. The number of nitrogens with zero attached hydrogens (tertiary/aromatic N) is 1. The van der Waals surface area contributed by atoms with Gasteiger partial charge in [0.25, 0.3) is 0 Å². The fourth-order valence-corrected chi connectivity index (χ4v) is 6.75. The Morgan fingerprint density at radius 2 is 1.57 bits per heavy atom. The van der Waals surface area contributed by atoms with Gasteiger partial charge in [-0.05, 0) is 113 Å². The fourth-order valence-electron chi connectivity index (χ4n) is 6.23. The molecule has 0 radical (unpaired) electrons. The van der Waals surface area contributed by atoms with Crippen molar-refractivity contribution in [3.05, 3.63) is 117 Å². The quantitative estimate of drug-likeness (QED) is 0.218. The minimum Gasteiger partial charge on any atom is -0.508 e. The second-order valence-corrected chi connectivity index (χ2v) is 12.0. The van der Waals surface area contributed by atoms with Crippen LogP contribution in [0.25, 0.3) is 22.3 Å². The van der Waals surface area contributed by atoms with E-state index in [1.807, 2.05) is 30.3 Å². The zero-order chi connectivity index (χ0) is 29.1. The molecule has 3 nitrogen and oxygen atoms in total. The third-order valence-electron chi connectivity index (χ3n) is 8.29. The van der Waals surface area contributed by atoms with Crippen molar-refractivity contribution < 1.29 is 14.2 Å². The van der Waals surface area contributed by atoms with Gasteiger partial charge in [-0.15, -0.1) is 0 Å². The van der Waals surface area contributed by atoms with E-state index in [0.29, 0.717) is 16.5 Å². The number of likely N-dealkylation sites (tertiary alicyclic amines) is 1. The minimum absolute atomic E-state index is 0.120. The molecule has 1 fully saturated rings. The number of rotatable bonds is 8. The third-order valence-corrected chi connectivity index (χ3v) is 8.84. The highest BCUT2D eigenvalue weighted by Gasteiger charge is 2.25. The van der Waals surface area contributed by atoms with Crippen LogP contribution in [0.1, 0.15) is 47.9 Å². The molecule has 4 aromatic rings. The number of fused-ring (bicyclic) bond motifs is 1. The molecule has 2 aliphatic rings. The lowest BCUT2D eigenvalue weighted by Gasteiger charge is -2.19. The zero-order valence-electron chi connectivity index (χ0n) is 23.5. The molecule has 4 aromatic carbocycles. The van der Waals surface area contributed by atoms with E-state index in [4.69, 9.17) is 27.9 Å². The monoisotopic (exact) mass is 601 g/mol. The van der Waals surface area contributed by atoms with E-state index in [9.17, 15) is 9.50 Å². The average Bonchev–Trinajstić information content (AvgIpc) is 3.35. The van der Waals surface area contributed by atoms with Gasteiger partial charge in [0, 0.05) is 29.7 Å². The van der Waals surface area contributed by atoms with Gasteiger partial charge in [0.15, 0.2) is 0 Å². The van der Waals surface area contributed by atoms with Crippen LogP contribution < -0.4 is 4.74 Å². The summed E-state index contributed by atoms with van der Waals surface area (Å²) < 4.78 is 18.9. The van der Waals surface area contributed by atoms with Gasteiger partial charge in [0.1, 0.15) is 17.6 Å². The fraction of sp³-hybridized carbons (Fsp3) is 0.278. The van der Waals surface area contributed by atoms with E-state index in [0.717, 1.165) is 73.3 Å². The molecular formula is C36H34Cl2FNO2. The first-order valence-corrected chi connectivity index (χ1v) is 15.4. The Morgan fingerprint density at radius 1 is 0.833 bits per heavy atom. The molecule has 1 aliphatic heterocycles. The molecule has 216 valence electrons. The van der Waals surface area contributed by atoms with E-state index < -0.39 is 0 Å². The molecule has 0 aromatic heterocycles. The van der Waals surface area contributed by atoms with Crippen molar-refractivity contribution in [3.8, 4) is 22.6 Å². The molecule has 1 aliphatic carbocycles. The average molecular weight is 603 g/mol. The lowest BCUT2D eigenvalue weighted by atomic mass is 9.87. The van der Waals surface area contributed by atoms with Gasteiger partial charge in [-0.3, -0.25) is 9.29 Å². The van der Waals surface area contributed by atoms with Gasteiger partial charge in [-0.25, -0.2) is 0 Å². The third kappa shape index (κ3) is 6.36. The summed E-state index contributed by atoms with van der Waals surface area (Å²) in [4.78, 5) is 2.28. The maximum absolute atomic E-state index is 12.6. The zero-order valence-corrected chi connectivity index (χ0v) is 25.0. The SMILES string of the molecule is Oc1ccc(-c2ccc3c(c2)CCCC(c2ccc(Cl)cc2Cl)=C3c2ccc(O[C@H]3CCN(CCCF)C3)cc2)cc1. The number of allylic oxidation sites excluding steroid dienone is 1. The largest absolute Gasteiger partial charge is 0.508 e. The standard InChI is InChI=1S/C36H34Cl2FNO2/c37-28-10-16-33(35(38)22-28)34-4-1-3-27-21-26(24-5-11-29(41)12-6-24)9-15-32(27)36(34)25-7-13-30(14-8-25)42-31-17-20-40(23-31)19-2-18-39/h5-16,21-22,31,41H,1-4,17-20,23H2/t31-/m0/s1. The highest BCUT2D eigenvalue weighted by Crippen LogP contribution is 2.43. The van der Waals surface area contributed by atoms with Crippen molar-refractivity contribution in [2.24, 2.45) is 0 Å². The number of benzene rings is 4. The van der Waals surface area contributed by atoms with Gasteiger partial charge in [0.2, 0.25) is 0 Å². The van der Waals surface area contributed by atoms with Crippen LogP contribution in [0, 0.1) is 0 Å². The van der Waals surface area contributed by atoms with Gasteiger partial charge >= 0.3 is 0 Å². The Kier molecular flexibility index (Phi) is 8.85. The molecule has 0 amide bonds. The molecule has 0 spiro atoms. The maximum atomic E-state index is 12.6. The number of phenolic OH excluding ortho intramolecular Hbond substituents is 1. The molecule has 6 rings (SSSR count). The predicted octanol–water partition coefficient (Wildman–Crippen LogP) is 9.47. The summed E-state index contributed by atoms with van der Waals surface area (Å²) in [5.41, 5.74) is 9.19. The number of alkyl halides is 1. The summed E-state index contributed by atoms with van der Waals surface area (Å²) >= 11 is 13.1. The first kappa shape index (κ1) is 28.8. The van der Waals surface area contributed by atoms with E-state index in [2.05, 4.69) is 47.4 Å². The molecule has 1 N–H and O–H groups in total. The molecule has 6 heteroatoms. The van der Waals surface area contributed by atoms with Crippen molar-refractivity contribution in [1.29, 1.82) is 0 Å². The van der Waals surface area contributed by atoms with Crippen molar-refractivity contribution in [3.63, 3.8) is 0 Å². The van der Waals surface area contributed by atoms with Crippen LogP contribution >= 0.6 is 23.2 Å². The number of aromatic hydroxyl groups is 1. The predicted molar refractivity (Wildman–Crippen MR) is 171 cm³/mol. The number of halogens is 3. The molecule has 42 heavy (non-hydrogen) atoms. The van der Waals surface area contributed by atoms with Crippen molar-refractivity contribution in [1.82, 2.24) is 4.90 Å². The topological polar surface area (TPSA) is 32.7 Å². The van der Waals surface area contributed by atoms with Crippen LogP contribution in [0.2, 0.25) is 10.0 Å². The van der Waals surface area contributed by atoms with E-state index in [-0.39, 0.29) is 18.5 Å². The molecule has 0 saturated carbocycles. The lowest BCUT2D eigenvalue weighted by molar-refractivity contribution is 0.198. The molecule has 1 heterocycles. The van der Waals surface area contributed by atoms with Crippen LogP contribution in [0.3, 0.4) is 0 Å². The summed E-state index contributed by atoms with van der Waals surface area (Å²) in [6, 6.07) is 28.2. The Bertz CT molecular complexity index is 1580. The Hall–Kier alpha value is -3.31. The second-order valence-electron chi connectivity index (χ2n) is 11.1. The van der Waals surface area contributed by atoms with E-state index in [1.165, 1.54) is 22.3 Å². The van der Waals surface area contributed by atoms with E-state index in [1.54, 1.807) is 12.1 Å². The summed E-state index contributed by atoms with van der Waals surface area (Å²) in [5.74, 6) is 1.11. The van der Waals surface area contributed by atoms with Crippen LogP contribution in [0.4, 0.5) is 4.39 Å². The summed E-state index contributed by atoms with van der Waals surface area (Å²) in [5, 5.41) is 11.0. The number of hydrogen-bond acceptors (Lipinski definition) is 3. The molecule has 0 bridgehead atoms. The van der Waals surface area contributed by atoms with Crippen LogP contribution in [0.5, 0.6) is 11.5 Å². The Balaban J connectivity index is 1.37. The minimum atomic E-state index is -0.274. The van der Waals surface area contributed by atoms with Crippen molar-refractivity contribution >= 4 is 34.3 Å². The summed E-state index contributed by atoms with van der Waals surface area (Å²) in [6.45, 7) is 2.30. The molecular weight excluding hydrogens is 568 g/mol. The molecule has 0 unspecified atom stereocenters. The van der Waals surface area contributed by atoms with Crippen molar-refractivity contribution in [2.45, 2.75) is 38.2 Å². The lowest BCUT2D eigenvalue weighted by Crippen LogP contribution is -2.26. The smallest absolute Gasteiger partial charge is 0.119 e.